The fourth-order valence-corrected chi connectivity index (χ4v) is 2.05. The zero-order chi connectivity index (χ0) is 11.1. The molecule has 1 fully saturated rings. The lowest BCUT2D eigenvalue weighted by Crippen LogP contribution is -2.17. The molecule has 88 valence electrons. The van der Waals surface area contributed by atoms with E-state index in [-0.39, 0.29) is 0 Å². The molecule has 0 amide bonds. The van der Waals surface area contributed by atoms with E-state index in [1.807, 2.05) is 24.4 Å². The van der Waals surface area contributed by atoms with Gasteiger partial charge < -0.3 is 10.1 Å². The average molecular weight is 220 g/mol. The lowest BCUT2D eigenvalue weighted by molar-refractivity contribution is 0.102. The largest absolute Gasteiger partial charge is 0.378 e. The van der Waals surface area contributed by atoms with Gasteiger partial charge in [-0.3, -0.25) is 4.98 Å². The maximum atomic E-state index is 5.58. The van der Waals surface area contributed by atoms with Crippen molar-refractivity contribution in [3.63, 3.8) is 0 Å². The van der Waals surface area contributed by atoms with Gasteiger partial charge in [-0.2, -0.15) is 0 Å². The van der Waals surface area contributed by atoms with Crippen LogP contribution in [0.5, 0.6) is 0 Å². The second-order valence-corrected chi connectivity index (χ2v) is 4.28. The van der Waals surface area contributed by atoms with Crippen LogP contribution in [0.3, 0.4) is 0 Å². The first kappa shape index (κ1) is 11.6. The van der Waals surface area contributed by atoms with E-state index in [2.05, 4.69) is 10.3 Å². The summed E-state index contributed by atoms with van der Waals surface area (Å²) in [6.07, 6.45) is 7.24. The Hall–Kier alpha value is -0.930. The first-order chi connectivity index (χ1) is 7.95. The Kier molecular flexibility index (Phi) is 4.77. The molecule has 0 aliphatic carbocycles. The minimum atomic E-state index is 0.525. The van der Waals surface area contributed by atoms with Crippen molar-refractivity contribution in [1.29, 1.82) is 0 Å². The summed E-state index contributed by atoms with van der Waals surface area (Å²) < 4.78 is 5.58. The highest BCUT2D eigenvalue weighted by molar-refractivity contribution is 5.02. The topological polar surface area (TPSA) is 34.1 Å². The molecule has 0 radical (unpaired) electrons. The fraction of sp³-hybridized carbons (Fsp3) is 0.615. The second-order valence-electron chi connectivity index (χ2n) is 4.28. The number of ether oxygens (including phenoxy) is 1. The summed E-state index contributed by atoms with van der Waals surface area (Å²) in [5, 5.41) is 3.41. The van der Waals surface area contributed by atoms with Gasteiger partial charge in [0.05, 0.1) is 11.8 Å². The minimum absolute atomic E-state index is 0.525. The highest BCUT2D eigenvalue weighted by atomic mass is 16.5. The van der Waals surface area contributed by atoms with Gasteiger partial charge in [-0.15, -0.1) is 0 Å². The summed E-state index contributed by atoms with van der Waals surface area (Å²) in [5.41, 5.74) is 1.11. The third-order valence-electron chi connectivity index (χ3n) is 2.94. The van der Waals surface area contributed by atoms with Gasteiger partial charge in [-0.25, -0.2) is 0 Å². The Labute approximate surface area is 97.2 Å². The number of rotatable bonds is 6. The molecule has 1 atom stereocenters. The molecule has 0 aromatic carbocycles. The molecule has 1 unspecified atom stereocenters. The molecule has 1 N–H and O–H groups in total. The molecule has 2 rings (SSSR count). The number of hydrogen-bond acceptors (Lipinski definition) is 3. The van der Waals surface area contributed by atoms with Gasteiger partial charge in [-0.05, 0) is 44.4 Å². The summed E-state index contributed by atoms with van der Waals surface area (Å²) in [4.78, 5) is 4.27. The standard InChI is InChI=1S/C13H20N2O/c1-2-9-15-12(5-1)11-14-8-3-6-13-7-4-10-16-13/h1-2,5,9,13-14H,3-4,6-8,10-11H2. The van der Waals surface area contributed by atoms with Crippen LogP contribution in [-0.4, -0.2) is 24.2 Å². The van der Waals surface area contributed by atoms with E-state index in [9.17, 15) is 0 Å². The van der Waals surface area contributed by atoms with Crippen LogP contribution in [0.4, 0.5) is 0 Å². The monoisotopic (exact) mass is 220 g/mol. The number of pyridine rings is 1. The van der Waals surface area contributed by atoms with Gasteiger partial charge in [0.2, 0.25) is 0 Å². The summed E-state index contributed by atoms with van der Waals surface area (Å²) in [7, 11) is 0. The lowest BCUT2D eigenvalue weighted by Gasteiger charge is -2.09. The molecule has 2 heterocycles. The van der Waals surface area contributed by atoms with Crippen molar-refractivity contribution in [3.05, 3.63) is 30.1 Å². The maximum absolute atomic E-state index is 5.58. The highest BCUT2D eigenvalue weighted by Crippen LogP contribution is 2.16. The van der Waals surface area contributed by atoms with E-state index in [0.717, 1.165) is 25.4 Å². The Balaban J connectivity index is 1.52. The van der Waals surface area contributed by atoms with Gasteiger partial charge >= 0.3 is 0 Å². The number of nitrogens with one attached hydrogen (secondary N) is 1. The van der Waals surface area contributed by atoms with Crippen molar-refractivity contribution in [3.8, 4) is 0 Å². The molecule has 0 bridgehead atoms. The van der Waals surface area contributed by atoms with Crippen LogP contribution in [0.2, 0.25) is 0 Å². The van der Waals surface area contributed by atoms with Crippen molar-refractivity contribution in [2.24, 2.45) is 0 Å². The third kappa shape index (κ3) is 3.91. The van der Waals surface area contributed by atoms with Gasteiger partial charge in [0.25, 0.3) is 0 Å². The van der Waals surface area contributed by atoms with Gasteiger partial charge in [0.1, 0.15) is 0 Å². The average Bonchev–Trinajstić information content (AvgIpc) is 2.83. The summed E-state index contributed by atoms with van der Waals surface area (Å²) in [6.45, 7) is 2.88. The van der Waals surface area contributed by atoms with Crippen molar-refractivity contribution < 1.29 is 4.74 Å². The van der Waals surface area contributed by atoms with Crippen LogP contribution in [0.1, 0.15) is 31.4 Å². The van der Waals surface area contributed by atoms with Gasteiger partial charge in [0.15, 0.2) is 0 Å². The Bertz CT molecular complexity index is 283. The molecule has 0 saturated carbocycles. The minimum Gasteiger partial charge on any atom is -0.378 e. The van der Waals surface area contributed by atoms with E-state index in [4.69, 9.17) is 4.74 Å². The van der Waals surface area contributed by atoms with Gasteiger partial charge in [-0.1, -0.05) is 6.07 Å². The Morgan fingerprint density at radius 1 is 1.44 bits per heavy atom. The third-order valence-corrected chi connectivity index (χ3v) is 2.94. The van der Waals surface area contributed by atoms with Crippen molar-refractivity contribution in [2.75, 3.05) is 13.2 Å². The Morgan fingerprint density at radius 2 is 2.44 bits per heavy atom. The van der Waals surface area contributed by atoms with Crippen LogP contribution in [0, 0.1) is 0 Å². The quantitative estimate of drug-likeness (QED) is 0.746. The summed E-state index contributed by atoms with van der Waals surface area (Å²) in [6, 6.07) is 6.02. The maximum Gasteiger partial charge on any atom is 0.0576 e. The van der Waals surface area contributed by atoms with Gasteiger partial charge in [0, 0.05) is 19.3 Å². The van der Waals surface area contributed by atoms with Crippen LogP contribution in [0.25, 0.3) is 0 Å². The van der Waals surface area contributed by atoms with Crippen LogP contribution in [-0.2, 0) is 11.3 Å². The lowest BCUT2D eigenvalue weighted by atomic mass is 10.1. The fourth-order valence-electron chi connectivity index (χ4n) is 2.05. The van der Waals surface area contributed by atoms with Crippen molar-refractivity contribution in [2.45, 2.75) is 38.3 Å². The van der Waals surface area contributed by atoms with E-state index < -0.39 is 0 Å². The molecule has 0 spiro atoms. The molecule has 3 heteroatoms. The van der Waals surface area contributed by atoms with E-state index >= 15 is 0 Å². The molecule has 1 aromatic rings. The smallest absolute Gasteiger partial charge is 0.0576 e. The summed E-state index contributed by atoms with van der Waals surface area (Å²) >= 11 is 0. The molecular formula is C13H20N2O. The normalized spacial score (nSPS) is 20.1. The highest BCUT2D eigenvalue weighted by Gasteiger charge is 2.14. The zero-order valence-electron chi connectivity index (χ0n) is 9.69. The first-order valence-corrected chi connectivity index (χ1v) is 6.17. The molecule has 1 saturated heterocycles. The zero-order valence-corrected chi connectivity index (χ0v) is 9.69. The first-order valence-electron chi connectivity index (χ1n) is 6.17. The van der Waals surface area contributed by atoms with Crippen LogP contribution < -0.4 is 5.32 Å². The summed E-state index contributed by atoms with van der Waals surface area (Å²) in [5.74, 6) is 0. The van der Waals surface area contributed by atoms with Crippen molar-refractivity contribution in [1.82, 2.24) is 10.3 Å². The number of hydrogen-bond donors (Lipinski definition) is 1. The molecule has 3 nitrogen and oxygen atoms in total. The van der Waals surface area contributed by atoms with Crippen LogP contribution >= 0.6 is 0 Å². The molecular weight excluding hydrogens is 200 g/mol. The Morgan fingerprint density at radius 3 is 3.19 bits per heavy atom. The second kappa shape index (κ2) is 6.61. The van der Waals surface area contributed by atoms with Crippen LogP contribution in [0.15, 0.2) is 24.4 Å². The molecule has 1 aromatic heterocycles. The van der Waals surface area contributed by atoms with E-state index in [0.29, 0.717) is 6.10 Å². The SMILES string of the molecule is c1ccc(CNCCCC2CCCO2)nc1. The number of aromatic nitrogens is 1. The van der Waals surface area contributed by atoms with E-state index in [1.165, 1.54) is 25.7 Å². The molecule has 1 aliphatic heterocycles. The number of nitrogens with zero attached hydrogens (tertiary/aromatic N) is 1. The molecule has 16 heavy (non-hydrogen) atoms. The van der Waals surface area contributed by atoms with E-state index in [1.54, 1.807) is 0 Å². The predicted octanol–water partition coefficient (Wildman–Crippen LogP) is 2.13. The predicted molar refractivity (Wildman–Crippen MR) is 64.2 cm³/mol. The van der Waals surface area contributed by atoms with Crippen molar-refractivity contribution >= 4 is 0 Å². The molecule has 1 aliphatic rings.